The second kappa shape index (κ2) is 5.36. The molecule has 0 N–H and O–H groups in total. The summed E-state index contributed by atoms with van der Waals surface area (Å²) in [4.78, 5) is 0. The number of hydrogen-bond donors (Lipinski definition) is 0. The first-order valence-corrected chi connectivity index (χ1v) is 6.66. The Labute approximate surface area is 121 Å². The van der Waals surface area contributed by atoms with E-state index in [4.69, 9.17) is 5.26 Å². The Balaban J connectivity index is 2.63. The first kappa shape index (κ1) is 12.8. The molecule has 0 unspecified atom stereocenters. The molecule has 2 rings (SSSR count). The van der Waals surface area contributed by atoms with Gasteiger partial charge in [0.15, 0.2) is 0 Å². The molecule has 0 aliphatic rings. The summed E-state index contributed by atoms with van der Waals surface area (Å²) < 4.78 is 1.21. The Hall–Kier alpha value is -1.60. The van der Waals surface area contributed by atoms with Crippen molar-refractivity contribution in [3.63, 3.8) is 0 Å². The zero-order chi connectivity index (χ0) is 13.1. The van der Waals surface area contributed by atoms with Crippen LogP contribution in [0.15, 0.2) is 43.0 Å². The fraction of sp³-hybridized carbons (Fsp3) is 0.0625. The highest BCUT2D eigenvalue weighted by Crippen LogP contribution is 2.30. The topological polar surface area (TPSA) is 23.8 Å². The van der Waals surface area contributed by atoms with Gasteiger partial charge < -0.3 is 0 Å². The Morgan fingerprint density at radius 2 is 1.89 bits per heavy atom. The van der Waals surface area contributed by atoms with Gasteiger partial charge in [0, 0.05) is 3.57 Å². The van der Waals surface area contributed by atoms with Crippen LogP contribution in [0.25, 0.3) is 17.2 Å². The maximum atomic E-state index is 8.82. The van der Waals surface area contributed by atoms with Crippen LogP contribution >= 0.6 is 22.6 Å². The normalized spacial score (nSPS) is 9.83. The summed E-state index contributed by atoms with van der Waals surface area (Å²) in [7, 11) is 0. The van der Waals surface area contributed by atoms with Crippen LogP contribution in [-0.2, 0) is 0 Å². The van der Waals surface area contributed by atoms with Gasteiger partial charge in [-0.2, -0.15) is 5.26 Å². The molecule has 0 saturated carbocycles. The maximum absolute atomic E-state index is 8.82. The highest BCUT2D eigenvalue weighted by molar-refractivity contribution is 14.1. The summed E-state index contributed by atoms with van der Waals surface area (Å²) in [5, 5.41) is 8.82. The molecular formula is C16H12IN. The number of nitriles is 1. The molecule has 88 valence electrons. The number of benzene rings is 2. The second-order valence-corrected chi connectivity index (χ2v) is 5.33. The van der Waals surface area contributed by atoms with Crippen LogP contribution in [-0.4, -0.2) is 0 Å². The van der Waals surface area contributed by atoms with E-state index in [9.17, 15) is 0 Å². The van der Waals surface area contributed by atoms with Crippen LogP contribution in [0.5, 0.6) is 0 Å². The van der Waals surface area contributed by atoms with Gasteiger partial charge >= 0.3 is 0 Å². The van der Waals surface area contributed by atoms with Gasteiger partial charge in [0.2, 0.25) is 0 Å². The molecule has 0 amide bonds. The number of rotatable bonds is 2. The fourth-order valence-electron chi connectivity index (χ4n) is 2.04. The van der Waals surface area contributed by atoms with Gasteiger partial charge in [-0.1, -0.05) is 24.8 Å². The summed E-state index contributed by atoms with van der Waals surface area (Å²) in [6, 6.07) is 14.1. The van der Waals surface area contributed by atoms with Crippen LogP contribution in [0.1, 0.15) is 16.7 Å². The molecule has 0 bridgehead atoms. The minimum absolute atomic E-state index is 0.682. The van der Waals surface area contributed by atoms with Gasteiger partial charge in [-0.25, -0.2) is 0 Å². The Bertz CT molecular complexity index is 633. The molecule has 1 nitrogen and oxygen atoms in total. The minimum Gasteiger partial charge on any atom is -0.192 e. The Kier molecular flexibility index (Phi) is 3.83. The van der Waals surface area contributed by atoms with Crippen molar-refractivity contribution in [3.05, 3.63) is 63.2 Å². The average Bonchev–Trinajstić information content (AvgIpc) is 2.38. The van der Waals surface area contributed by atoms with Crippen LogP contribution < -0.4 is 0 Å². The molecule has 0 saturated heterocycles. The lowest BCUT2D eigenvalue weighted by atomic mass is 9.94. The Morgan fingerprint density at radius 1 is 1.22 bits per heavy atom. The number of halogens is 1. The highest BCUT2D eigenvalue weighted by Gasteiger charge is 2.07. The zero-order valence-electron chi connectivity index (χ0n) is 10.1. The molecule has 2 aromatic carbocycles. The van der Waals surface area contributed by atoms with Crippen molar-refractivity contribution in [1.82, 2.24) is 0 Å². The van der Waals surface area contributed by atoms with E-state index in [0.29, 0.717) is 5.56 Å². The summed E-state index contributed by atoms with van der Waals surface area (Å²) in [5.74, 6) is 0. The summed E-state index contributed by atoms with van der Waals surface area (Å²) in [6.07, 6.45) is 1.88. The van der Waals surface area contributed by atoms with Crippen molar-refractivity contribution in [1.29, 1.82) is 5.26 Å². The molecular weight excluding hydrogens is 333 g/mol. The van der Waals surface area contributed by atoms with E-state index in [2.05, 4.69) is 54.3 Å². The fourth-order valence-corrected chi connectivity index (χ4v) is 2.84. The van der Waals surface area contributed by atoms with Gasteiger partial charge in [0.1, 0.15) is 0 Å². The van der Waals surface area contributed by atoms with E-state index in [-0.39, 0.29) is 0 Å². The van der Waals surface area contributed by atoms with Crippen molar-refractivity contribution < 1.29 is 0 Å². The van der Waals surface area contributed by atoms with E-state index in [1.54, 1.807) is 0 Å². The van der Waals surface area contributed by atoms with Crippen LogP contribution in [0.2, 0.25) is 0 Å². The maximum Gasteiger partial charge on any atom is 0.0991 e. The van der Waals surface area contributed by atoms with Crippen LogP contribution in [0.3, 0.4) is 0 Å². The molecule has 0 heterocycles. The third kappa shape index (κ3) is 2.46. The summed E-state index contributed by atoms with van der Waals surface area (Å²) >= 11 is 2.31. The SMILES string of the molecule is C=Cc1cc(I)cc(C)c1-c1ccc(C#N)cc1. The first-order chi connectivity index (χ1) is 8.65. The lowest BCUT2D eigenvalue weighted by Gasteiger charge is -2.11. The number of nitrogens with zero attached hydrogens (tertiary/aromatic N) is 1. The molecule has 0 aliphatic heterocycles. The van der Waals surface area contributed by atoms with E-state index in [1.807, 2.05) is 30.3 Å². The summed E-state index contributed by atoms with van der Waals surface area (Å²) in [6.45, 7) is 5.98. The molecule has 18 heavy (non-hydrogen) atoms. The van der Waals surface area contributed by atoms with Gasteiger partial charge in [0.05, 0.1) is 11.6 Å². The second-order valence-electron chi connectivity index (χ2n) is 4.08. The third-order valence-electron chi connectivity index (χ3n) is 2.85. The number of hydrogen-bond acceptors (Lipinski definition) is 1. The van der Waals surface area contributed by atoms with Crippen molar-refractivity contribution in [3.8, 4) is 17.2 Å². The molecule has 2 heteroatoms. The molecule has 0 aromatic heterocycles. The lowest BCUT2D eigenvalue weighted by molar-refractivity contribution is 1.42. The van der Waals surface area contributed by atoms with Gasteiger partial charge in [0.25, 0.3) is 0 Å². The molecule has 0 aliphatic carbocycles. The lowest BCUT2D eigenvalue weighted by Crippen LogP contribution is -1.90. The molecule has 2 aromatic rings. The zero-order valence-corrected chi connectivity index (χ0v) is 12.2. The standard InChI is InChI=1S/C16H12IN/c1-3-13-9-15(17)8-11(2)16(13)14-6-4-12(10-18)5-7-14/h3-9H,1H2,2H3. The Morgan fingerprint density at radius 3 is 2.44 bits per heavy atom. The smallest absolute Gasteiger partial charge is 0.0991 e. The van der Waals surface area contributed by atoms with E-state index >= 15 is 0 Å². The monoisotopic (exact) mass is 345 g/mol. The molecule has 0 radical (unpaired) electrons. The van der Waals surface area contributed by atoms with Gasteiger partial charge in [-0.05, 0) is 76.0 Å². The van der Waals surface area contributed by atoms with Crippen molar-refractivity contribution in [2.45, 2.75) is 6.92 Å². The predicted octanol–water partition coefficient (Wildman–Crippen LogP) is 4.78. The largest absolute Gasteiger partial charge is 0.192 e. The van der Waals surface area contributed by atoms with Crippen molar-refractivity contribution in [2.24, 2.45) is 0 Å². The van der Waals surface area contributed by atoms with Gasteiger partial charge in [-0.15, -0.1) is 0 Å². The number of aryl methyl sites for hydroxylation is 1. The molecule has 0 atom stereocenters. The van der Waals surface area contributed by atoms with E-state index in [0.717, 1.165) is 11.1 Å². The molecule has 0 fully saturated rings. The van der Waals surface area contributed by atoms with Gasteiger partial charge in [-0.3, -0.25) is 0 Å². The van der Waals surface area contributed by atoms with E-state index in [1.165, 1.54) is 14.7 Å². The van der Waals surface area contributed by atoms with Crippen LogP contribution in [0, 0.1) is 21.8 Å². The minimum atomic E-state index is 0.682. The van der Waals surface area contributed by atoms with Crippen molar-refractivity contribution in [2.75, 3.05) is 0 Å². The first-order valence-electron chi connectivity index (χ1n) is 5.59. The van der Waals surface area contributed by atoms with Crippen LogP contribution in [0.4, 0.5) is 0 Å². The third-order valence-corrected chi connectivity index (χ3v) is 3.48. The quantitative estimate of drug-likeness (QED) is 0.719. The summed E-state index contributed by atoms with van der Waals surface area (Å²) in [5.41, 5.74) is 5.35. The van der Waals surface area contributed by atoms with Crippen molar-refractivity contribution >= 4 is 28.7 Å². The predicted molar refractivity (Wildman–Crippen MR) is 84.1 cm³/mol. The average molecular weight is 345 g/mol. The van der Waals surface area contributed by atoms with E-state index < -0.39 is 0 Å². The highest BCUT2D eigenvalue weighted by atomic mass is 127. The molecule has 0 spiro atoms.